The highest BCUT2D eigenvalue weighted by Gasteiger charge is 2.23. The first-order chi connectivity index (χ1) is 9.10. The van der Waals surface area contributed by atoms with E-state index in [4.69, 9.17) is 0 Å². The van der Waals surface area contributed by atoms with Crippen molar-refractivity contribution in [3.8, 4) is 0 Å². The molecule has 1 heterocycles. The quantitative estimate of drug-likeness (QED) is 0.866. The lowest BCUT2D eigenvalue weighted by atomic mass is 9.87. The van der Waals surface area contributed by atoms with Crippen molar-refractivity contribution < 1.29 is 4.79 Å². The van der Waals surface area contributed by atoms with Gasteiger partial charge in [0.2, 0.25) is 0 Å². The van der Waals surface area contributed by atoms with Gasteiger partial charge in [0, 0.05) is 17.1 Å². The Kier molecular flexibility index (Phi) is 4.97. The van der Waals surface area contributed by atoms with Crippen LogP contribution < -0.4 is 5.32 Å². The van der Waals surface area contributed by atoms with E-state index in [-0.39, 0.29) is 5.91 Å². The number of hydrogen-bond acceptors (Lipinski definition) is 2. The summed E-state index contributed by atoms with van der Waals surface area (Å²) in [6.45, 7) is 3.83. The molecule has 3 nitrogen and oxygen atoms in total. The number of alkyl halides is 1. The number of halogens is 1. The SMILES string of the molecule is Cc1ccc(C(=O)NC2CCCC(CBr)C2)c(C)n1. The number of nitrogens with one attached hydrogen (secondary N) is 1. The molecule has 1 N–H and O–H groups in total. The highest BCUT2D eigenvalue weighted by Crippen LogP contribution is 2.26. The van der Waals surface area contributed by atoms with Gasteiger partial charge in [0.1, 0.15) is 0 Å². The molecular formula is C15H21BrN2O. The van der Waals surface area contributed by atoms with Crippen molar-refractivity contribution >= 4 is 21.8 Å². The van der Waals surface area contributed by atoms with Crippen LogP contribution in [0.1, 0.15) is 47.4 Å². The molecular weight excluding hydrogens is 304 g/mol. The van der Waals surface area contributed by atoms with E-state index in [1.165, 1.54) is 12.8 Å². The first-order valence-corrected chi connectivity index (χ1v) is 8.03. The van der Waals surface area contributed by atoms with E-state index in [2.05, 4.69) is 26.2 Å². The van der Waals surface area contributed by atoms with E-state index < -0.39 is 0 Å². The second-order valence-corrected chi connectivity index (χ2v) is 6.09. The Hall–Kier alpha value is -0.900. The third-order valence-electron chi connectivity index (χ3n) is 3.81. The summed E-state index contributed by atoms with van der Waals surface area (Å²) in [6.07, 6.45) is 4.64. The smallest absolute Gasteiger partial charge is 0.253 e. The molecule has 1 aliphatic rings. The summed E-state index contributed by atoms with van der Waals surface area (Å²) in [6, 6.07) is 4.08. The van der Waals surface area contributed by atoms with E-state index in [1.807, 2.05) is 26.0 Å². The molecule has 1 amide bonds. The molecule has 1 aromatic rings. The number of amides is 1. The van der Waals surface area contributed by atoms with Crippen molar-refractivity contribution in [3.05, 3.63) is 29.1 Å². The summed E-state index contributed by atoms with van der Waals surface area (Å²) >= 11 is 3.55. The fourth-order valence-corrected chi connectivity index (χ4v) is 3.34. The van der Waals surface area contributed by atoms with Gasteiger partial charge >= 0.3 is 0 Å². The van der Waals surface area contributed by atoms with Crippen molar-refractivity contribution in [2.24, 2.45) is 5.92 Å². The highest BCUT2D eigenvalue weighted by atomic mass is 79.9. The first kappa shape index (κ1) is 14.5. The maximum Gasteiger partial charge on any atom is 0.253 e. The van der Waals surface area contributed by atoms with E-state index >= 15 is 0 Å². The third-order valence-corrected chi connectivity index (χ3v) is 4.72. The number of rotatable bonds is 3. The number of carbonyl (C=O) groups excluding carboxylic acids is 1. The lowest BCUT2D eigenvalue weighted by Crippen LogP contribution is -2.39. The summed E-state index contributed by atoms with van der Waals surface area (Å²) in [5.74, 6) is 0.710. The summed E-state index contributed by atoms with van der Waals surface area (Å²) in [7, 11) is 0. The van der Waals surface area contributed by atoms with E-state index in [0.717, 1.165) is 29.6 Å². The summed E-state index contributed by atoms with van der Waals surface area (Å²) < 4.78 is 0. The molecule has 4 heteroatoms. The van der Waals surface area contributed by atoms with Crippen LogP contribution in [-0.4, -0.2) is 22.3 Å². The molecule has 0 aromatic carbocycles. The van der Waals surface area contributed by atoms with Gasteiger partial charge in [-0.05, 0) is 51.2 Å². The number of hydrogen-bond donors (Lipinski definition) is 1. The second kappa shape index (κ2) is 6.51. The molecule has 0 saturated heterocycles. The molecule has 1 aromatic heterocycles. The molecule has 0 bridgehead atoms. The molecule has 1 aliphatic carbocycles. The Morgan fingerprint density at radius 2 is 2.21 bits per heavy atom. The average Bonchev–Trinajstić information content (AvgIpc) is 2.38. The van der Waals surface area contributed by atoms with Crippen LogP contribution in [0.5, 0.6) is 0 Å². The zero-order valence-electron chi connectivity index (χ0n) is 11.6. The van der Waals surface area contributed by atoms with Crippen LogP contribution in [0.3, 0.4) is 0 Å². The third kappa shape index (κ3) is 3.78. The van der Waals surface area contributed by atoms with Crippen LogP contribution in [0.4, 0.5) is 0 Å². The molecule has 2 unspecified atom stereocenters. The highest BCUT2D eigenvalue weighted by molar-refractivity contribution is 9.09. The van der Waals surface area contributed by atoms with Gasteiger partial charge in [0.15, 0.2) is 0 Å². The topological polar surface area (TPSA) is 42.0 Å². The van der Waals surface area contributed by atoms with Crippen molar-refractivity contribution in [3.63, 3.8) is 0 Å². The predicted molar refractivity (Wildman–Crippen MR) is 80.7 cm³/mol. The van der Waals surface area contributed by atoms with E-state index in [0.29, 0.717) is 17.5 Å². The standard InChI is InChI=1S/C15H21BrN2O/c1-10-6-7-14(11(2)17-10)15(19)18-13-5-3-4-12(8-13)9-16/h6-7,12-13H,3-5,8-9H2,1-2H3,(H,18,19). The zero-order valence-corrected chi connectivity index (χ0v) is 13.2. The Morgan fingerprint density at radius 1 is 1.42 bits per heavy atom. The van der Waals surface area contributed by atoms with Gasteiger partial charge in [0.05, 0.1) is 11.3 Å². The minimum Gasteiger partial charge on any atom is -0.349 e. The normalized spacial score (nSPS) is 23.1. The Balaban J connectivity index is 2.00. The first-order valence-electron chi connectivity index (χ1n) is 6.91. The minimum absolute atomic E-state index is 0.0187. The van der Waals surface area contributed by atoms with Gasteiger partial charge in [-0.1, -0.05) is 22.4 Å². The summed E-state index contributed by atoms with van der Waals surface area (Å²) in [5, 5.41) is 4.19. The maximum absolute atomic E-state index is 12.3. The molecule has 1 saturated carbocycles. The van der Waals surface area contributed by atoms with Crippen LogP contribution in [0.25, 0.3) is 0 Å². The number of carbonyl (C=O) groups is 1. The Bertz CT molecular complexity index is 461. The van der Waals surface area contributed by atoms with Crippen molar-refractivity contribution in [2.45, 2.75) is 45.6 Å². The van der Waals surface area contributed by atoms with Crippen LogP contribution in [0.2, 0.25) is 0 Å². The number of aryl methyl sites for hydroxylation is 2. The van der Waals surface area contributed by atoms with Gasteiger partial charge in [-0.15, -0.1) is 0 Å². The molecule has 1 fully saturated rings. The van der Waals surface area contributed by atoms with E-state index in [9.17, 15) is 4.79 Å². The molecule has 2 atom stereocenters. The number of aromatic nitrogens is 1. The van der Waals surface area contributed by atoms with Crippen molar-refractivity contribution in [1.82, 2.24) is 10.3 Å². The number of nitrogens with zero attached hydrogens (tertiary/aromatic N) is 1. The van der Waals surface area contributed by atoms with Crippen LogP contribution in [0, 0.1) is 19.8 Å². The average molecular weight is 325 g/mol. The Morgan fingerprint density at radius 3 is 2.89 bits per heavy atom. The summed E-state index contributed by atoms with van der Waals surface area (Å²) in [4.78, 5) is 16.6. The Labute approximate surface area is 123 Å². The minimum atomic E-state index is 0.0187. The molecule has 2 rings (SSSR count). The molecule has 0 radical (unpaired) electrons. The van der Waals surface area contributed by atoms with Crippen LogP contribution in [0.15, 0.2) is 12.1 Å². The summed E-state index contributed by atoms with van der Waals surface area (Å²) in [5.41, 5.74) is 2.46. The van der Waals surface area contributed by atoms with Gasteiger partial charge in [-0.25, -0.2) is 0 Å². The lowest BCUT2D eigenvalue weighted by molar-refractivity contribution is 0.0920. The van der Waals surface area contributed by atoms with Crippen molar-refractivity contribution in [2.75, 3.05) is 5.33 Å². The van der Waals surface area contributed by atoms with Gasteiger partial charge < -0.3 is 5.32 Å². The van der Waals surface area contributed by atoms with Gasteiger partial charge in [-0.3, -0.25) is 9.78 Å². The largest absolute Gasteiger partial charge is 0.349 e. The lowest BCUT2D eigenvalue weighted by Gasteiger charge is -2.28. The van der Waals surface area contributed by atoms with Gasteiger partial charge in [0.25, 0.3) is 5.91 Å². The van der Waals surface area contributed by atoms with Crippen molar-refractivity contribution in [1.29, 1.82) is 0 Å². The van der Waals surface area contributed by atoms with Crippen LogP contribution in [-0.2, 0) is 0 Å². The predicted octanol–water partition coefficient (Wildman–Crippen LogP) is 3.38. The molecule has 104 valence electrons. The molecule has 19 heavy (non-hydrogen) atoms. The van der Waals surface area contributed by atoms with Crippen LogP contribution >= 0.6 is 15.9 Å². The fourth-order valence-electron chi connectivity index (χ4n) is 2.75. The fraction of sp³-hybridized carbons (Fsp3) is 0.600. The molecule has 0 aliphatic heterocycles. The second-order valence-electron chi connectivity index (χ2n) is 5.44. The zero-order chi connectivity index (χ0) is 13.8. The number of pyridine rings is 1. The van der Waals surface area contributed by atoms with E-state index in [1.54, 1.807) is 0 Å². The maximum atomic E-state index is 12.3. The monoisotopic (exact) mass is 324 g/mol. The molecule has 0 spiro atoms. The van der Waals surface area contributed by atoms with Gasteiger partial charge in [-0.2, -0.15) is 0 Å².